The summed E-state index contributed by atoms with van der Waals surface area (Å²) in [7, 11) is 4.62. The van der Waals surface area contributed by atoms with Crippen LogP contribution in [0, 0.1) is 0 Å². The average Bonchev–Trinajstić information content (AvgIpc) is 2.35. The molecule has 0 aliphatic heterocycles. The van der Waals surface area contributed by atoms with Gasteiger partial charge in [0.2, 0.25) is 0 Å². The summed E-state index contributed by atoms with van der Waals surface area (Å²) >= 11 is 0. The zero-order valence-corrected chi connectivity index (χ0v) is 11.0. The summed E-state index contributed by atoms with van der Waals surface area (Å²) in [6.45, 7) is 1.82. The minimum Gasteiger partial charge on any atom is -0.496 e. The van der Waals surface area contributed by atoms with Gasteiger partial charge >= 0.3 is 5.97 Å². The van der Waals surface area contributed by atoms with Gasteiger partial charge in [-0.15, -0.1) is 0 Å². The Bertz CT molecular complexity index is 402. The normalized spacial score (nSPS) is 11.8. The van der Waals surface area contributed by atoms with E-state index in [-0.39, 0.29) is 12.3 Å². The molecule has 0 aliphatic carbocycles. The molecule has 1 unspecified atom stereocenters. The van der Waals surface area contributed by atoms with Crippen LogP contribution in [0.5, 0.6) is 17.2 Å². The fourth-order valence-corrected chi connectivity index (χ4v) is 1.88. The van der Waals surface area contributed by atoms with Crippen LogP contribution in [-0.2, 0) is 4.79 Å². The first-order valence-electron chi connectivity index (χ1n) is 5.55. The largest absolute Gasteiger partial charge is 0.496 e. The van der Waals surface area contributed by atoms with Crippen molar-refractivity contribution in [2.45, 2.75) is 19.3 Å². The third-order valence-corrected chi connectivity index (χ3v) is 2.73. The van der Waals surface area contributed by atoms with Crippen molar-refractivity contribution >= 4 is 5.97 Å². The van der Waals surface area contributed by atoms with E-state index in [0.717, 1.165) is 5.56 Å². The highest BCUT2D eigenvalue weighted by molar-refractivity contribution is 5.69. The van der Waals surface area contributed by atoms with Gasteiger partial charge in [-0.3, -0.25) is 4.79 Å². The predicted octanol–water partition coefficient (Wildman–Crippen LogP) is 2.29. The molecular weight excluding hydrogens is 236 g/mol. The topological polar surface area (TPSA) is 65.0 Å². The minimum atomic E-state index is -0.859. The van der Waals surface area contributed by atoms with E-state index in [1.807, 2.05) is 6.92 Å². The Morgan fingerprint density at radius 1 is 1.17 bits per heavy atom. The lowest BCUT2D eigenvalue weighted by atomic mass is 9.95. The molecule has 0 aliphatic rings. The van der Waals surface area contributed by atoms with E-state index >= 15 is 0 Å². The van der Waals surface area contributed by atoms with Crippen LogP contribution < -0.4 is 14.2 Å². The number of hydrogen-bond acceptors (Lipinski definition) is 4. The summed E-state index contributed by atoms with van der Waals surface area (Å²) in [5.41, 5.74) is 0.739. The summed E-state index contributed by atoms with van der Waals surface area (Å²) in [6, 6.07) is 3.44. The highest BCUT2D eigenvalue weighted by Gasteiger charge is 2.21. The number of benzene rings is 1. The fourth-order valence-electron chi connectivity index (χ4n) is 1.88. The van der Waals surface area contributed by atoms with Crippen LogP contribution >= 0.6 is 0 Å². The van der Waals surface area contributed by atoms with E-state index in [1.165, 1.54) is 14.2 Å². The van der Waals surface area contributed by atoms with Gasteiger partial charge in [0.05, 0.1) is 27.8 Å². The lowest BCUT2D eigenvalue weighted by Gasteiger charge is -2.18. The monoisotopic (exact) mass is 254 g/mol. The van der Waals surface area contributed by atoms with Crippen molar-refractivity contribution in [1.82, 2.24) is 0 Å². The standard InChI is InChI=1S/C13H18O5/c1-8(5-12(14)15)13-10(17-3)6-9(16-2)7-11(13)18-4/h6-8H,5H2,1-4H3,(H,14,15). The molecule has 1 aromatic rings. The third kappa shape index (κ3) is 3.06. The zero-order chi connectivity index (χ0) is 13.7. The number of ether oxygens (including phenoxy) is 3. The summed E-state index contributed by atoms with van der Waals surface area (Å²) in [6.07, 6.45) is 0.0129. The molecule has 0 radical (unpaired) electrons. The van der Waals surface area contributed by atoms with E-state index in [4.69, 9.17) is 19.3 Å². The molecule has 5 nitrogen and oxygen atoms in total. The Balaban J connectivity index is 3.25. The van der Waals surface area contributed by atoms with Crippen LogP contribution in [0.1, 0.15) is 24.8 Å². The molecule has 1 rings (SSSR count). The van der Waals surface area contributed by atoms with Crippen LogP contribution in [0.4, 0.5) is 0 Å². The maximum absolute atomic E-state index is 10.8. The van der Waals surface area contributed by atoms with Crippen molar-refractivity contribution in [1.29, 1.82) is 0 Å². The number of aliphatic carboxylic acids is 1. The number of carboxylic acid groups (broad SMARTS) is 1. The lowest BCUT2D eigenvalue weighted by Crippen LogP contribution is -2.07. The first kappa shape index (κ1) is 14.2. The molecule has 0 fully saturated rings. The van der Waals surface area contributed by atoms with Crippen molar-refractivity contribution < 1.29 is 24.1 Å². The second-order valence-corrected chi connectivity index (χ2v) is 3.94. The predicted molar refractivity (Wildman–Crippen MR) is 66.8 cm³/mol. The van der Waals surface area contributed by atoms with Crippen LogP contribution in [0.3, 0.4) is 0 Å². The first-order valence-corrected chi connectivity index (χ1v) is 5.55. The molecule has 0 saturated heterocycles. The molecule has 0 aromatic heterocycles. The number of hydrogen-bond donors (Lipinski definition) is 1. The van der Waals surface area contributed by atoms with E-state index < -0.39 is 5.97 Å². The number of rotatable bonds is 6. The number of carbonyl (C=O) groups is 1. The second kappa shape index (κ2) is 6.14. The van der Waals surface area contributed by atoms with Crippen LogP contribution in [0.2, 0.25) is 0 Å². The van der Waals surface area contributed by atoms with Crippen LogP contribution in [0.25, 0.3) is 0 Å². The van der Waals surface area contributed by atoms with Crippen molar-refractivity contribution in [3.8, 4) is 17.2 Å². The fraction of sp³-hybridized carbons (Fsp3) is 0.462. The summed E-state index contributed by atoms with van der Waals surface area (Å²) in [4.78, 5) is 10.8. The summed E-state index contributed by atoms with van der Waals surface area (Å²) in [5.74, 6) is 0.676. The molecule has 5 heteroatoms. The molecule has 1 N–H and O–H groups in total. The van der Waals surface area contributed by atoms with Gasteiger partial charge in [0.15, 0.2) is 0 Å². The number of carboxylic acids is 1. The maximum Gasteiger partial charge on any atom is 0.303 e. The zero-order valence-electron chi connectivity index (χ0n) is 11.0. The molecule has 0 bridgehead atoms. The molecule has 0 heterocycles. The van der Waals surface area contributed by atoms with Gasteiger partial charge < -0.3 is 19.3 Å². The Labute approximate surface area is 106 Å². The summed E-state index contributed by atoms with van der Waals surface area (Å²) in [5, 5.41) is 8.87. The summed E-state index contributed by atoms with van der Waals surface area (Å²) < 4.78 is 15.7. The molecule has 0 saturated carbocycles. The minimum absolute atomic E-state index is 0.0129. The molecule has 0 spiro atoms. The van der Waals surface area contributed by atoms with Gasteiger partial charge in [-0.2, -0.15) is 0 Å². The molecule has 1 aromatic carbocycles. The van der Waals surface area contributed by atoms with Gasteiger partial charge in [0, 0.05) is 17.7 Å². The van der Waals surface area contributed by atoms with Gasteiger partial charge in [0.1, 0.15) is 17.2 Å². The van der Waals surface area contributed by atoms with Gasteiger partial charge in [-0.25, -0.2) is 0 Å². The van der Waals surface area contributed by atoms with Gasteiger partial charge in [0.25, 0.3) is 0 Å². The highest BCUT2D eigenvalue weighted by atomic mass is 16.5. The molecule has 0 amide bonds. The molecule has 18 heavy (non-hydrogen) atoms. The van der Waals surface area contributed by atoms with Gasteiger partial charge in [-0.05, 0) is 5.92 Å². The smallest absolute Gasteiger partial charge is 0.303 e. The molecular formula is C13H18O5. The van der Waals surface area contributed by atoms with Crippen molar-refractivity contribution in [2.24, 2.45) is 0 Å². The van der Waals surface area contributed by atoms with Crippen LogP contribution in [0.15, 0.2) is 12.1 Å². The van der Waals surface area contributed by atoms with Crippen molar-refractivity contribution in [3.05, 3.63) is 17.7 Å². The molecule has 1 atom stereocenters. The Morgan fingerprint density at radius 3 is 2.00 bits per heavy atom. The van der Waals surface area contributed by atoms with Crippen molar-refractivity contribution in [3.63, 3.8) is 0 Å². The maximum atomic E-state index is 10.8. The third-order valence-electron chi connectivity index (χ3n) is 2.73. The number of methoxy groups -OCH3 is 3. The quantitative estimate of drug-likeness (QED) is 0.843. The Morgan fingerprint density at radius 2 is 1.67 bits per heavy atom. The van der Waals surface area contributed by atoms with Gasteiger partial charge in [-0.1, -0.05) is 6.92 Å². The lowest BCUT2D eigenvalue weighted by molar-refractivity contribution is -0.137. The van der Waals surface area contributed by atoms with E-state index in [2.05, 4.69) is 0 Å². The van der Waals surface area contributed by atoms with E-state index in [0.29, 0.717) is 17.2 Å². The van der Waals surface area contributed by atoms with E-state index in [1.54, 1.807) is 19.2 Å². The first-order chi connectivity index (χ1) is 8.53. The second-order valence-electron chi connectivity index (χ2n) is 3.94. The van der Waals surface area contributed by atoms with Crippen LogP contribution in [-0.4, -0.2) is 32.4 Å². The molecule has 100 valence electrons. The Hall–Kier alpha value is -1.91. The SMILES string of the molecule is COc1cc(OC)c(C(C)CC(=O)O)c(OC)c1. The Kier molecular flexibility index (Phi) is 4.83. The average molecular weight is 254 g/mol. The van der Waals surface area contributed by atoms with E-state index in [9.17, 15) is 4.79 Å². The van der Waals surface area contributed by atoms with Crippen molar-refractivity contribution in [2.75, 3.05) is 21.3 Å². The highest BCUT2D eigenvalue weighted by Crippen LogP contribution is 2.40.